The van der Waals surface area contributed by atoms with Crippen molar-refractivity contribution in [2.24, 2.45) is 5.84 Å². The molecule has 0 radical (unpaired) electrons. The molecule has 1 aromatic heterocycles. The number of aromatic nitrogens is 2. The Bertz CT molecular complexity index is 404. The van der Waals surface area contributed by atoms with Crippen molar-refractivity contribution >= 4 is 17.0 Å². The van der Waals surface area contributed by atoms with Gasteiger partial charge in [0.2, 0.25) is 5.95 Å². The highest BCUT2D eigenvalue weighted by molar-refractivity contribution is 5.77. The third-order valence-corrected chi connectivity index (χ3v) is 1.78. The zero-order chi connectivity index (χ0) is 8.55. The van der Waals surface area contributed by atoms with Crippen LogP contribution in [0.4, 0.5) is 5.95 Å². The van der Waals surface area contributed by atoms with Gasteiger partial charge in [-0.1, -0.05) is 6.07 Å². The number of nitrogens with one attached hydrogen (secondary N) is 2. The Morgan fingerprint density at radius 1 is 1.50 bits per heavy atom. The van der Waals surface area contributed by atoms with Crippen molar-refractivity contribution in [3.63, 3.8) is 0 Å². The van der Waals surface area contributed by atoms with Gasteiger partial charge in [-0.25, -0.2) is 10.8 Å². The molecule has 0 aliphatic rings. The van der Waals surface area contributed by atoms with Gasteiger partial charge >= 0.3 is 0 Å². The van der Waals surface area contributed by atoms with Crippen LogP contribution in [0.2, 0.25) is 0 Å². The first-order valence-electron chi connectivity index (χ1n) is 3.72. The van der Waals surface area contributed by atoms with Crippen LogP contribution in [-0.4, -0.2) is 9.97 Å². The molecule has 0 saturated heterocycles. The van der Waals surface area contributed by atoms with E-state index in [0.29, 0.717) is 5.95 Å². The van der Waals surface area contributed by atoms with Gasteiger partial charge in [0.1, 0.15) is 0 Å². The van der Waals surface area contributed by atoms with Crippen molar-refractivity contribution in [2.45, 2.75) is 6.92 Å². The highest BCUT2D eigenvalue weighted by Crippen LogP contribution is 2.14. The Balaban J connectivity index is 2.67. The summed E-state index contributed by atoms with van der Waals surface area (Å²) < 4.78 is 0. The summed E-state index contributed by atoms with van der Waals surface area (Å²) in [5.74, 6) is 5.80. The zero-order valence-corrected chi connectivity index (χ0v) is 6.76. The number of aryl methyl sites for hydroxylation is 1. The maximum absolute atomic E-state index is 5.21. The maximum Gasteiger partial charge on any atom is 0.215 e. The second-order valence-corrected chi connectivity index (χ2v) is 2.75. The van der Waals surface area contributed by atoms with Gasteiger partial charge in [-0.2, -0.15) is 0 Å². The molecule has 0 spiro atoms. The fourth-order valence-electron chi connectivity index (χ4n) is 1.18. The topological polar surface area (TPSA) is 66.7 Å². The number of nitrogen functional groups attached to an aromatic ring is 1. The molecule has 0 amide bonds. The largest absolute Gasteiger partial charge is 0.323 e. The highest BCUT2D eigenvalue weighted by atomic mass is 15.3. The number of anilines is 1. The van der Waals surface area contributed by atoms with E-state index in [4.69, 9.17) is 5.84 Å². The van der Waals surface area contributed by atoms with Crippen LogP contribution in [0, 0.1) is 6.92 Å². The number of imidazole rings is 1. The number of benzene rings is 1. The molecule has 1 aromatic carbocycles. The number of aromatic amines is 1. The smallest absolute Gasteiger partial charge is 0.215 e. The minimum Gasteiger partial charge on any atom is -0.323 e. The summed E-state index contributed by atoms with van der Waals surface area (Å²) in [4.78, 5) is 7.23. The van der Waals surface area contributed by atoms with E-state index >= 15 is 0 Å². The normalized spacial score (nSPS) is 10.5. The molecular weight excluding hydrogens is 152 g/mol. The van der Waals surface area contributed by atoms with Gasteiger partial charge in [0.25, 0.3) is 0 Å². The first-order chi connectivity index (χ1) is 5.79. The number of fused-ring (bicyclic) bond motifs is 1. The SMILES string of the molecule is Cc1ccc2[nH]c(NN)nc2c1. The number of rotatable bonds is 1. The number of H-pyrrole nitrogens is 1. The molecule has 0 fully saturated rings. The number of hydrazine groups is 1. The quantitative estimate of drug-likeness (QED) is 0.435. The Kier molecular flexibility index (Phi) is 1.48. The minimum absolute atomic E-state index is 0.593. The summed E-state index contributed by atoms with van der Waals surface area (Å²) in [5.41, 5.74) is 5.59. The van der Waals surface area contributed by atoms with Gasteiger partial charge in [0.15, 0.2) is 0 Å². The lowest BCUT2D eigenvalue weighted by Crippen LogP contribution is -2.07. The molecule has 4 nitrogen and oxygen atoms in total. The Hall–Kier alpha value is -1.55. The fourth-order valence-corrected chi connectivity index (χ4v) is 1.18. The van der Waals surface area contributed by atoms with E-state index in [-0.39, 0.29) is 0 Å². The third-order valence-electron chi connectivity index (χ3n) is 1.78. The van der Waals surface area contributed by atoms with Crippen LogP contribution in [-0.2, 0) is 0 Å². The predicted molar refractivity (Wildman–Crippen MR) is 48.6 cm³/mol. The van der Waals surface area contributed by atoms with Crippen molar-refractivity contribution in [3.8, 4) is 0 Å². The van der Waals surface area contributed by atoms with Gasteiger partial charge in [-0.3, -0.25) is 5.43 Å². The Morgan fingerprint density at radius 3 is 3.08 bits per heavy atom. The van der Waals surface area contributed by atoms with Crippen LogP contribution in [0.3, 0.4) is 0 Å². The first-order valence-corrected chi connectivity index (χ1v) is 3.72. The van der Waals surface area contributed by atoms with Crippen LogP contribution in [0.1, 0.15) is 5.56 Å². The number of nitrogens with two attached hydrogens (primary N) is 1. The van der Waals surface area contributed by atoms with E-state index in [2.05, 4.69) is 15.4 Å². The zero-order valence-electron chi connectivity index (χ0n) is 6.76. The molecule has 4 heteroatoms. The van der Waals surface area contributed by atoms with E-state index in [1.165, 1.54) is 5.56 Å². The molecule has 2 aromatic rings. The maximum atomic E-state index is 5.21. The van der Waals surface area contributed by atoms with Gasteiger partial charge in [0, 0.05) is 0 Å². The van der Waals surface area contributed by atoms with E-state index in [0.717, 1.165) is 11.0 Å². The Labute approximate surface area is 69.8 Å². The summed E-state index contributed by atoms with van der Waals surface area (Å²) in [6, 6.07) is 6.02. The number of nitrogens with zero attached hydrogens (tertiary/aromatic N) is 1. The third kappa shape index (κ3) is 1.02. The summed E-state index contributed by atoms with van der Waals surface area (Å²) in [7, 11) is 0. The second-order valence-electron chi connectivity index (χ2n) is 2.75. The predicted octanol–water partition coefficient (Wildman–Crippen LogP) is 1.16. The van der Waals surface area contributed by atoms with E-state index in [9.17, 15) is 0 Å². The summed E-state index contributed by atoms with van der Waals surface area (Å²) in [6.07, 6.45) is 0. The van der Waals surface area contributed by atoms with Crippen LogP contribution in [0.15, 0.2) is 18.2 Å². The van der Waals surface area contributed by atoms with E-state index < -0.39 is 0 Å². The molecule has 0 saturated carbocycles. The lowest BCUT2D eigenvalue weighted by atomic mass is 10.2. The van der Waals surface area contributed by atoms with Crippen LogP contribution in [0.25, 0.3) is 11.0 Å². The lowest BCUT2D eigenvalue weighted by molar-refractivity contribution is 1.21. The molecular formula is C8H10N4. The fraction of sp³-hybridized carbons (Fsp3) is 0.125. The van der Waals surface area contributed by atoms with E-state index in [1.54, 1.807) is 0 Å². The van der Waals surface area contributed by atoms with Crippen LogP contribution >= 0.6 is 0 Å². The van der Waals surface area contributed by atoms with Gasteiger partial charge < -0.3 is 4.98 Å². The molecule has 12 heavy (non-hydrogen) atoms. The number of hydrogen-bond acceptors (Lipinski definition) is 3. The Morgan fingerprint density at radius 2 is 2.33 bits per heavy atom. The van der Waals surface area contributed by atoms with Crippen molar-refractivity contribution in [2.75, 3.05) is 5.43 Å². The van der Waals surface area contributed by atoms with E-state index in [1.807, 2.05) is 25.1 Å². The van der Waals surface area contributed by atoms with Crippen LogP contribution < -0.4 is 11.3 Å². The van der Waals surface area contributed by atoms with Crippen molar-refractivity contribution in [3.05, 3.63) is 23.8 Å². The standard InChI is InChI=1S/C8H10N4/c1-5-2-3-6-7(4-5)11-8(10-6)12-9/h2-4H,9H2,1H3,(H2,10,11,12). The molecule has 0 atom stereocenters. The van der Waals surface area contributed by atoms with Crippen LogP contribution in [0.5, 0.6) is 0 Å². The minimum atomic E-state index is 0.593. The average Bonchev–Trinajstić information content (AvgIpc) is 2.46. The molecule has 4 N–H and O–H groups in total. The van der Waals surface area contributed by atoms with Gasteiger partial charge in [-0.15, -0.1) is 0 Å². The lowest BCUT2D eigenvalue weighted by Gasteiger charge is -1.88. The van der Waals surface area contributed by atoms with Crippen molar-refractivity contribution in [1.29, 1.82) is 0 Å². The summed E-state index contributed by atoms with van der Waals surface area (Å²) >= 11 is 0. The molecule has 0 aliphatic carbocycles. The molecule has 1 heterocycles. The summed E-state index contributed by atoms with van der Waals surface area (Å²) in [6.45, 7) is 2.03. The van der Waals surface area contributed by atoms with Gasteiger partial charge in [0.05, 0.1) is 11.0 Å². The van der Waals surface area contributed by atoms with Crippen molar-refractivity contribution < 1.29 is 0 Å². The molecule has 2 rings (SSSR count). The van der Waals surface area contributed by atoms with Crippen molar-refractivity contribution in [1.82, 2.24) is 9.97 Å². The summed E-state index contributed by atoms with van der Waals surface area (Å²) in [5, 5.41) is 0. The monoisotopic (exact) mass is 162 g/mol. The highest BCUT2D eigenvalue weighted by Gasteiger charge is 1.99. The van der Waals surface area contributed by atoms with Gasteiger partial charge in [-0.05, 0) is 24.6 Å². The molecule has 0 unspecified atom stereocenters. The second kappa shape index (κ2) is 2.49. The average molecular weight is 162 g/mol. The molecule has 0 aliphatic heterocycles. The number of hydrogen-bond donors (Lipinski definition) is 3. The first kappa shape index (κ1) is 7.12. The molecule has 62 valence electrons. The molecule has 0 bridgehead atoms.